The van der Waals surface area contributed by atoms with Gasteiger partial charge in [-0.05, 0) is 37.5 Å². The normalized spacial score (nSPS) is 37.5. The minimum Gasteiger partial charge on any atom is -0.338 e. The second-order valence-corrected chi connectivity index (χ2v) is 8.70. The van der Waals surface area contributed by atoms with Crippen LogP contribution in [-0.4, -0.2) is 43.3 Å². The van der Waals surface area contributed by atoms with E-state index in [-0.39, 0.29) is 29.4 Å². The van der Waals surface area contributed by atoms with Gasteiger partial charge >= 0.3 is 0 Å². The van der Waals surface area contributed by atoms with Crippen molar-refractivity contribution in [2.24, 2.45) is 17.8 Å². The van der Waals surface area contributed by atoms with Gasteiger partial charge in [-0.3, -0.25) is 4.79 Å². The number of fused-ring (bicyclic) bond motifs is 2. The predicted octanol–water partition coefficient (Wildman–Crippen LogP) is 1.62. The molecular formula is C15H23NO3S. The molecule has 1 amide bonds. The van der Waals surface area contributed by atoms with Crippen molar-refractivity contribution < 1.29 is 13.2 Å². The molecule has 1 heterocycles. The molecule has 4 nitrogen and oxygen atoms in total. The number of sulfone groups is 1. The van der Waals surface area contributed by atoms with Crippen LogP contribution in [0.5, 0.6) is 0 Å². The molecular weight excluding hydrogens is 274 g/mol. The summed E-state index contributed by atoms with van der Waals surface area (Å²) in [6.07, 6.45) is 7.99. The summed E-state index contributed by atoms with van der Waals surface area (Å²) in [4.78, 5) is 14.7. The molecule has 4 atom stereocenters. The van der Waals surface area contributed by atoms with Crippen molar-refractivity contribution in [2.45, 2.75) is 38.6 Å². The summed E-state index contributed by atoms with van der Waals surface area (Å²) < 4.78 is 23.3. The zero-order valence-corrected chi connectivity index (χ0v) is 12.8. The van der Waals surface area contributed by atoms with Crippen molar-refractivity contribution >= 4 is 15.7 Å². The molecule has 0 aromatic rings. The first-order chi connectivity index (χ1) is 9.50. The first-order valence-electron chi connectivity index (χ1n) is 7.69. The van der Waals surface area contributed by atoms with E-state index < -0.39 is 9.84 Å². The van der Waals surface area contributed by atoms with Crippen molar-refractivity contribution in [1.29, 1.82) is 0 Å². The summed E-state index contributed by atoms with van der Waals surface area (Å²) in [5.74, 6) is 1.66. The van der Waals surface area contributed by atoms with E-state index in [1.54, 1.807) is 0 Å². The minimum atomic E-state index is -2.93. The molecule has 0 N–H and O–H groups in total. The van der Waals surface area contributed by atoms with Crippen LogP contribution >= 0.6 is 0 Å². The predicted molar refractivity (Wildman–Crippen MR) is 77.9 cm³/mol. The van der Waals surface area contributed by atoms with E-state index in [0.717, 1.165) is 19.3 Å². The van der Waals surface area contributed by atoms with Gasteiger partial charge in [-0.15, -0.1) is 0 Å². The quantitative estimate of drug-likeness (QED) is 0.741. The minimum absolute atomic E-state index is 0.0874. The summed E-state index contributed by atoms with van der Waals surface area (Å²) >= 11 is 0. The highest BCUT2D eigenvalue weighted by Crippen LogP contribution is 2.44. The second-order valence-electron chi connectivity index (χ2n) is 6.48. The molecule has 0 radical (unpaired) electrons. The Hall–Kier alpha value is -0.840. The smallest absolute Gasteiger partial charge is 0.226 e. The second kappa shape index (κ2) is 5.17. The lowest BCUT2D eigenvalue weighted by Gasteiger charge is -2.32. The Balaban J connectivity index is 1.74. The lowest BCUT2D eigenvalue weighted by molar-refractivity contribution is -0.138. The molecule has 1 saturated heterocycles. The van der Waals surface area contributed by atoms with Crippen LogP contribution in [0.25, 0.3) is 0 Å². The molecule has 1 saturated carbocycles. The number of carbonyl (C=O) groups excluding carboxylic acids is 1. The maximum absolute atomic E-state index is 12.8. The standard InChI is InChI=1S/C15H23NO3S/c1-2-6-16(13-5-7-20(18,19)10-13)15(17)14-9-11-3-4-12(14)8-11/h3-4,11-14H,2,5-10H2,1H3/t11-,12-,13-,14+/m0/s1. The van der Waals surface area contributed by atoms with E-state index in [0.29, 0.717) is 24.8 Å². The maximum atomic E-state index is 12.8. The Labute approximate surface area is 121 Å². The number of rotatable bonds is 4. The van der Waals surface area contributed by atoms with Crippen molar-refractivity contribution in [3.8, 4) is 0 Å². The molecule has 2 aliphatic carbocycles. The maximum Gasteiger partial charge on any atom is 0.226 e. The average Bonchev–Trinajstić information content (AvgIpc) is 3.09. The highest BCUT2D eigenvalue weighted by molar-refractivity contribution is 7.91. The van der Waals surface area contributed by atoms with E-state index in [2.05, 4.69) is 12.2 Å². The summed E-state index contributed by atoms with van der Waals surface area (Å²) in [5.41, 5.74) is 0. The Bertz CT molecular complexity index is 525. The van der Waals surface area contributed by atoms with E-state index >= 15 is 0 Å². The number of amides is 1. The van der Waals surface area contributed by atoms with Gasteiger partial charge in [0, 0.05) is 18.5 Å². The molecule has 2 fully saturated rings. The van der Waals surface area contributed by atoms with Gasteiger partial charge in [-0.25, -0.2) is 8.42 Å². The first kappa shape index (κ1) is 14.1. The summed E-state index contributed by atoms with van der Waals surface area (Å²) in [7, 11) is -2.93. The van der Waals surface area contributed by atoms with E-state index in [4.69, 9.17) is 0 Å². The number of nitrogens with zero attached hydrogens (tertiary/aromatic N) is 1. The third kappa shape index (κ3) is 2.52. The van der Waals surface area contributed by atoms with Crippen molar-refractivity contribution in [3.05, 3.63) is 12.2 Å². The molecule has 0 aromatic heterocycles. The Morgan fingerprint density at radius 1 is 1.30 bits per heavy atom. The number of allylic oxidation sites excluding steroid dienone is 2. The van der Waals surface area contributed by atoms with Gasteiger partial charge in [0.2, 0.25) is 5.91 Å². The molecule has 3 aliphatic rings. The van der Waals surface area contributed by atoms with Gasteiger partial charge in [0.25, 0.3) is 0 Å². The van der Waals surface area contributed by atoms with Crippen LogP contribution in [-0.2, 0) is 14.6 Å². The third-order valence-corrected chi connectivity index (χ3v) is 6.74. The summed E-state index contributed by atoms with van der Waals surface area (Å²) in [5, 5.41) is 0. The third-order valence-electron chi connectivity index (χ3n) is 4.99. The summed E-state index contributed by atoms with van der Waals surface area (Å²) in [6, 6.07) is -0.0874. The monoisotopic (exact) mass is 297 g/mol. The Morgan fingerprint density at radius 2 is 2.10 bits per heavy atom. The fraction of sp³-hybridized carbons (Fsp3) is 0.800. The molecule has 0 spiro atoms. The van der Waals surface area contributed by atoms with Crippen LogP contribution in [0, 0.1) is 17.8 Å². The molecule has 20 heavy (non-hydrogen) atoms. The first-order valence-corrected chi connectivity index (χ1v) is 9.51. The Kier molecular flexibility index (Phi) is 3.65. The topological polar surface area (TPSA) is 54.5 Å². The highest BCUT2D eigenvalue weighted by Gasteiger charge is 2.44. The van der Waals surface area contributed by atoms with Gasteiger partial charge in [0.1, 0.15) is 0 Å². The van der Waals surface area contributed by atoms with Crippen molar-refractivity contribution in [3.63, 3.8) is 0 Å². The zero-order chi connectivity index (χ0) is 14.3. The fourth-order valence-electron chi connectivity index (χ4n) is 4.01. The van der Waals surface area contributed by atoms with E-state index in [9.17, 15) is 13.2 Å². The molecule has 1 aliphatic heterocycles. The summed E-state index contributed by atoms with van der Waals surface area (Å²) in [6.45, 7) is 2.74. The molecule has 5 heteroatoms. The van der Waals surface area contributed by atoms with Gasteiger partial charge in [0.05, 0.1) is 11.5 Å². The van der Waals surface area contributed by atoms with Crippen LogP contribution in [0.4, 0.5) is 0 Å². The van der Waals surface area contributed by atoms with Gasteiger partial charge in [-0.1, -0.05) is 19.1 Å². The largest absolute Gasteiger partial charge is 0.338 e. The van der Waals surface area contributed by atoms with Crippen LogP contribution < -0.4 is 0 Å². The van der Waals surface area contributed by atoms with Gasteiger partial charge < -0.3 is 4.90 Å². The average molecular weight is 297 g/mol. The van der Waals surface area contributed by atoms with Crippen LogP contribution in [0.15, 0.2) is 12.2 Å². The van der Waals surface area contributed by atoms with Gasteiger partial charge in [-0.2, -0.15) is 0 Å². The fourth-order valence-corrected chi connectivity index (χ4v) is 5.74. The molecule has 2 bridgehead atoms. The SMILES string of the molecule is CCCN(C(=O)[C@@H]1C[C@H]2C=C[C@H]1C2)[C@H]1CCS(=O)(=O)C1. The Morgan fingerprint density at radius 3 is 2.60 bits per heavy atom. The molecule has 3 rings (SSSR count). The van der Waals surface area contributed by atoms with Crippen molar-refractivity contribution in [1.82, 2.24) is 4.90 Å². The highest BCUT2D eigenvalue weighted by atomic mass is 32.2. The lowest BCUT2D eigenvalue weighted by atomic mass is 9.91. The van der Waals surface area contributed by atoms with Crippen LogP contribution in [0.1, 0.15) is 32.6 Å². The van der Waals surface area contributed by atoms with Crippen molar-refractivity contribution in [2.75, 3.05) is 18.1 Å². The molecule has 0 aromatic carbocycles. The van der Waals surface area contributed by atoms with Crippen LogP contribution in [0.2, 0.25) is 0 Å². The number of carbonyl (C=O) groups is 1. The van der Waals surface area contributed by atoms with Crippen LogP contribution in [0.3, 0.4) is 0 Å². The molecule has 112 valence electrons. The number of hydrogen-bond acceptors (Lipinski definition) is 3. The molecule has 0 unspecified atom stereocenters. The zero-order valence-electron chi connectivity index (χ0n) is 12.0. The van der Waals surface area contributed by atoms with E-state index in [1.165, 1.54) is 0 Å². The number of hydrogen-bond donors (Lipinski definition) is 0. The van der Waals surface area contributed by atoms with Gasteiger partial charge in [0.15, 0.2) is 9.84 Å². The van der Waals surface area contributed by atoms with E-state index in [1.807, 2.05) is 11.8 Å². The lowest BCUT2D eigenvalue weighted by Crippen LogP contribution is -2.45.